The van der Waals surface area contributed by atoms with E-state index in [2.05, 4.69) is 4.98 Å². The Kier molecular flexibility index (Phi) is 0.562. The second-order valence-electron chi connectivity index (χ2n) is 1.72. The number of fused-ring (bicyclic) bond motifs is 1. The molecule has 0 radical (unpaired) electrons. The highest BCUT2D eigenvalue weighted by molar-refractivity contribution is 7.71. The van der Waals surface area contributed by atoms with Gasteiger partial charge in [-0.25, -0.2) is 0 Å². The summed E-state index contributed by atoms with van der Waals surface area (Å²) in [5.41, 5.74) is 0.280. The first-order valence-corrected chi connectivity index (χ1v) is 3.02. The second kappa shape index (κ2) is 1.95. The summed E-state index contributed by atoms with van der Waals surface area (Å²) in [7, 11) is 0. The van der Waals surface area contributed by atoms with Gasteiger partial charge in [-0.05, 0) is 24.3 Å². The van der Waals surface area contributed by atoms with Crippen molar-refractivity contribution in [1.82, 2.24) is 4.98 Å². The molecule has 0 fully saturated rings. The molecule has 0 atom stereocenters. The van der Waals surface area contributed by atoms with Gasteiger partial charge in [0, 0.05) is 0 Å². The van der Waals surface area contributed by atoms with Crippen molar-refractivity contribution in [3.05, 3.63) is 29.0 Å². The lowest BCUT2D eigenvalue weighted by Crippen LogP contribution is -1.62. The van der Waals surface area contributed by atoms with Crippen LogP contribution in [0.15, 0.2) is 28.6 Å². The summed E-state index contributed by atoms with van der Waals surface area (Å²) in [6.07, 6.45) is 0. The van der Waals surface area contributed by atoms with Gasteiger partial charge in [0.15, 0.2) is 5.58 Å². The highest BCUT2D eigenvalue weighted by Gasteiger charge is 1.93. The summed E-state index contributed by atoms with van der Waals surface area (Å²) in [6.45, 7) is 0. The lowest BCUT2D eigenvalue weighted by Gasteiger charge is -1.80. The molecule has 0 saturated carbocycles. The van der Waals surface area contributed by atoms with Crippen LogP contribution in [0.5, 0.6) is 0 Å². The molecular formula is C7H5NOS. The maximum Gasteiger partial charge on any atom is 0.266 e. The molecule has 0 bridgehead atoms. The van der Waals surface area contributed by atoms with Crippen molar-refractivity contribution in [2.45, 2.75) is 0 Å². The van der Waals surface area contributed by atoms with E-state index in [9.17, 15) is 0 Å². The fourth-order valence-electron chi connectivity index (χ4n) is 0.686. The van der Waals surface area contributed by atoms with Gasteiger partial charge < -0.3 is 9.40 Å². The molecule has 0 saturated heterocycles. The predicted molar refractivity (Wildman–Crippen MR) is 41.4 cm³/mol. The SMILES string of the molecule is [2H]c1c([2H])c([2H])c2oc(=S)[nH]c2c1[2H]. The van der Waals surface area contributed by atoms with Crippen LogP contribution in [-0.2, 0) is 0 Å². The average molecular weight is 155 g/mol. The number of H-pyrrole nitrogens is 1. The zero-order valence-corrected chi connectivity index (χ0v) is 5.63. The highest BCUT2D eigenvalue weighted by atomic mass is 32.1. The Hall–Kier alpha value is -1.09. The fourth-order valence-corrected chi connectivity index (χ4v) is 0.871. The Morgan fingerprint density at radius 3 is 3.20 bits per heavy atom. The number of rotatable bonds is 0. The summed E-state index contributed by atoms with van der Waals surface area (Å²) >= 11 is 4.71. The molecular weight excluding hydrogens is 146 g/mol. The van der Waals surface area contributed by atoms with E-state index in [1.54, 1.807) is 0 Å². The standard InChI is InChI=1S/C7H5NOS/c10-7-8-5-3-1-2-4-6(5)9-7/h1-4H,(H,8,10)/i1D,2D,3D,4D. The molecule has 0 amide bonds. The molecule has 0 aliphatic carbocycles. The van der Waals surface area contributed by atoms with E-state index in [0.717, 1.165) is 0 Å². The maximum absolute atomic E-state index is 7.51. The third kappa shape index (κ3) is 0.752. The van der Waals surface area contributed by atoms with Crippen LogP contribution < -0.4 is 0 Å². The van der Waals surface area contributed by atoms with Crippen LogP contribution in [0.1, 0.15) is 5.48 Å². The maximum atomic E-state index is 7.51. The molecule has 0 spiro atoms. The van der Waals surface area contributed by atoms with Crippen LogP contribution in [0.2, 0.25) is 0 Å². The molecule has 2 nitrogen and oxygen atoms in total. The molecule has 0 unspecified atom stereocenters. The number of oxazole rings is 1. The molecule has 2 rings (SSSR count). The van der Waals surface area contributed by atoms with Gasteiger partial charge in [0.05, 0.1) is 11.0 Å². The van der Waals surface area contributed by atoms with Gasteiger partial charge in [-0.1, -0.05) is 12.1 Å². The van der Waals surface area contributed by atoms with E-state index in [4.69, 9.17) is 22.1 Å². The number of para-hydroxylation sites is 2. The Morgan fingerprint density at radius 2 is 2.30 bits per heavy atom. The Bertz CT molecular complexity index is 525. The minimum absolute atomic E-state index is 0.0481. The average Bonchev–Trinajstić information content (AvgIpc) is 2.54. The first-order valence-electron chi connectivity index (χ1n) is 4.61. The van der Waals surface area contributed by atoms with E-state index in [1.165, 1.54) is 0 Å². The number of hydrogen-bond donors (Lipinski definition) is 1. The van der Waals surface area contributed by atoms with Crippen LogP contribution in [0.3, 0.4) is 0 Å². The van der Waals surface area contributed by atoms with E-state index in [1.807, 2.05) is 0 Å². The van der Waals surface area contributed by atoms with Crippen LogP contribution in [0, 0.1) is 4.84 Å². The zero-order valence-electron chi connectivity index (χ0n) is 8.82. The van der Waals surface area contributed by atoms with Gasteiger partial charge in [-0.3, -0.25) is 0 Å². The monoisotopic (exact) mass is 155 g/mol. The van der Waals surface area contributed by atoms with Crippen molar-refractivity contribution in [2.24, 2.45) is 0 Å². The van der Waals surface area contributed by atoms with E-state index in [-0.39, 0.29) is 40.1 Å². The molecule has 3 heteroatoms. The zero-order chi connectivity index (χ0) is 10.5. The molecule has 10 heavy (non-hydrogen) atoms. The van der Waals surface area contributed by atoms with Gasteiger partial charge in [-0.15, -0.1) is 0 Å². The normalized spacial score (nSPS) is 16.0. The third-order valence-corrected chi connectivity index (χ3v) is 1.26. The van der Waals surface area contributed by atoms with E-state index < -0.39 is 0 Å². The van der Waals surface area contributed by atoms with E-state index in [0.29, 0.717) is 0 Å². The Balaban J connectivity index is 3.08. The van der Waals surface area contributed by atoms with Crippen molar-refractivity contribution in [3.8, 4) is 0 Å². The number of hydrogen-bond acceptors (Lipinski definition) is 2. The summed E-state index contributed by atoms with van der Waals surface area (Å²) in [6, 6.07) is -0.996. The van der Waals surface area contributed by atoms with Crippen molar-refractivity contribution in [3.63, 3.8) is 0 Å². The van der Waals surface area contributed by atoms with Crippen LogP contribution in [-0.4, -0.2) is 4.98 Å². The summed E-state index contributed by atoms with van der Waals surface area (Å²) < 4.78 is 34.7. The summed E-state index contributed by atoms with van der Waals surface area (Å²) in [5, 5.41) is 0. The third-order valence-electron chi connectivity index (χ3n) is 1.07. The van der Waals surface area contributed by atoms with Crippen molar-refractivity contribution >= 4 is 23.3 Å². The van der Waals surface area contributed by atoms with Gasteiger partial charge in [0.25, 0.3) is 4.84 Å². The number of aromatic amines is 1. The first kappa shape index (κ1) is 2.88. The smallest absolute Gasteiger partial charge is 0.266 e. The lowest BCUT2D eigenvalue weighted by molar-refractivity contribution is 0.583. The second-order valence-corrected chi connectivity index (χ2v) is 2.09. The molecule has 2 aromatic rings. The van der Waals surface area contributed by atoms with Gasteiger partial charge in [0.2, 0.25) is 0 Å². The Labute approximate surface area is 68.1 Å². The van der Waals surface area contributed by atoms with Gasteiger partial charge in [-0.2, -0.15) is 0 Å². The van der Waals surface area contributed by atoms with Crippen LogP contribution in [0.25, 0.3) is 11.1 Å². The van der Waals surface area contributed by atoms with Gasteiger partial charge >= 0.3 is 0 Å². The summed E-state index contributed by atoms with van der Waals surface area (Å²) in [5.74, 6) is 0. The molecule has 1 N–H and O–H groups in total. The number of benzene rings is 1. The molecule has 1 heterocycles. The van der Waals surface area contributed by atoms with Crippen LogP contribution in [0.4, 0.5) is 0 Å². The molecule has 0 aliphatic rings. The van der Waals surface area contributed by atoms with Crippen molar-refractivity contribution in [2.75, 3.05) is 0 Å². The number of nitrogens with one attached hydrogen (secondary N) is 1. The van der Waals surface area contributed by atoms with Crippen molar-refractivity contribution < 1.29 is 9.90 Å². The Morgan fingerprint density at radius 1 is 1.50 bits per heavy atom. The highest BCUT2D eigenvalue weighted by Crippen LogP contribution is 2.10. The summed E-state index contributed by atoms with van der Waals surface area (Å²) in [4.78, 5) is 2.62. The topological polar surface area (TPSA) is 28.9 Å². The van der Waals surface area contributed by atoms with E-state index >= 15 is 0 Å². The molecule has 0 aliphatic heterocycles. The van der Waals surface area contributed by atoms with Crippen LogP contribution >= 0.6 is 12.2 Å². The predicted octanol–water partition coefficient (Wildman–Crippen LogP) is 2.49. The molecule has 1 aromatic heterocycles. The van der Waals surface area contributed by atoms with Gasteiger partial charge in [0.1, 0.15) is 0 Å². The molecule has 50 valence electrons. The minimum Gasteiger partial charge on any atom is -0.429 e. The quantitative estimate of drug-likeness (QED) is 0.592. The minimum atomic E-state index is -0.319. The fraction of sp³-hybridized carbons (Fsp3) is 0. The lowest BCUT2D eigenvalue weighted by atomic mass is 10.3. The van der Waals surface area contributed by atoms with Crippen molar-refractivity contribution in [1.29, 1.82) is 0 Å². The number of aromatic nitrogens is 1. The molecule has 1 aromatic carbocycles. The first-order chi connectivity index (χ1) is 6.52. The largest absolute Gasteiger partial charge is 0.429 e.